The van der Waals surface area contributed by atoms with Crippen molar-refractivity contribution < 1.29 is 14.7 Å². The lowest BCUT2D eigenvalue weighted by molar-refractivity contribution is -0.149. The van der Waals surface area contributed by atoms with E-state index in [-0.39, 0.29) is 11.9 Å². The van der Waals surface area contributed by atoms with E-state index < -0.39 is 17.4 Å². The molecular weight excluding hydrogens is 220 g/mol. The van der Waals surface area contributed by atoms with Crippen LogP contribution in [0.3, 0.4) is 0 Å². The highest BCUT2D eigenvalue weighted by Gasteiger charge is 2.46. The fourth-order valence-electron chi connectivity index (χ4n) is 2.37. The molecule has 5 heteroatoms. The molecule has 17 heavy (non-hydrogen) atoms. The summed E-state index contributed by atoms with van der Waals surface area (Å²) >= 11 is 0. The maximum atomic E-state index is 11.8. The van der Waals surface area contributed by atoms with Crippen LogP contribution in [0.1, 0.15) is 46.0 Å². The molecule has 2 unspecified atom stereocenters. The third kappa shape index (κ3) is 2.97. The van der Waals surface area contributed by atoms with Crippen LogP contribution in [0.15, 0.2) is 0 Å². The number of nitrogens with two attached hydrogens (primary N) is 1. The zero-order chi connectivity index (χ0) is 13.1. The van der Waals surface area contributed by atoms with E-state index in [0.717, 1.165) is 12.8 Å². The van der Waals surface area contributed by atoms with Crippen molar-refractivity contribution in [1.29, 1.82) is 0 Å². The SMILES string of the molecule is CCC[C@H](N)C(=O)NC1CCCC1(C)C(=O)O. The van der Waals surface area contributed by atoms with E-state index in [2.05, 4.69) is 5.32 Å². The molecule has 1 saturated carbocycles. The molecule has 0 heterocycles. The van der Waals surface area contributed by atoms with E-state index in [9.17, 15) is 14.7 Å². The topological polar surface area (TPSA) is 92.4 Å². The second kappa shape index (κ2) is 5.49. The zero-order valence-corrected chi connectivity index (χ0v) is 10.5. The van der Waals surface area contributed by atoms with Crippen LogP contribution in [0, 0.1) is 5.41 Å². The van der Waals surface area contributed by atoms with Gasteiger partial charge in [-0.3, -0.25) is 9.59 Å². The van der Waals surface area contributed by atoms with Crippen molar-refractivity contribution in [2.45, 2.75) is 58.0 Å². The molecule has 0 bridgehead atoms. The highest BCUT2D eigenvalue weighted by atomic mass is 16.4. The Kier molecular flexibility index (Phi) is 4.51. The van der Waals surface area contributed by atoms with Gasteiger partial charge in [-0.05, 0) is 26.2 Å². The number of carbonyl (C=O) groups is 2. The monoisotopic (exact) mass is 242 g/mol. The van der Waals surface area contributed by atoms with Crippen molar-refractivity contribution in [3.8, 4) is 0 Å². The number of carbonyl (C=O) groups excluding carboxylic acids is 1. The molecule has 1 amide bonds. The van der Waals surface area contributed by atoms with Gasteiger partial charge in [0.05, 0.1) is 11.5 Å². The molecular formula is C12H22N2O3. The van der Waals surface area contributed by atoms with Gasteiger partial charge in [-0.25, -0.2) is 0 Å². The number of nitrogens with one attached hydrogen (secondary N) is 1. The van der Waals surface area contributed by atoms with Crippen molar-refractivity contribution in [3.63, 3.8) is 0 Å². The van der Waals surface area contributed by atoms with E-state index in [4.69, 9.17) is 5.73 Å². The summed E-state index contributed by atoms with van der Waals surface area (Å²) in [6, 6.07) is -0.825. The van der Waals surface area contributed by atoms with Gasteiger partial charge in [0.1, 0.15) is 0 Å². The van der Waals surface area contributed by atoms with E-state index >= 15 is 0 Å². The van der Waals surface area contributed by atoms with Crippen LogP contribution in [0.2, 0.25) is 0 Å². The molecule has 1 rings (SSSR count). The summed E-state index contributed by atoms with van der Waals surface area (Å²) in [7, 11) is 0. The molecule has 0 aromatic rings. The molecule has 0 aliphatic heterocycles. The van der Waals surface area contributed by atoms with Crippen LogP contribution in [0.25, 0.3) is 0 Å². The van der Waals surface area contributed by atoms with Crippen molar-refractivity contribution in [1.82, 2.24) is 5.32 Å². The van der Waals surface area contributed by atoms with Gasteiger partial charge in [-0.15, -0.1) is 0 Å². The number of hydrogen-bond donors (Lipinski definition) is 3. The Hall–Kier alpha value is -1.10. The Morgan fingerprint density at radius 2 is 2.24 bits per heavy atom. The number of amides is 1. The second-order valence-corrected chi connectivity index (χ2v) is 5.07. The highest BCUT2D eigenvalue weighted by molar-refractivity contribution is 5.83. The zero-order valence-electron chi connectivity index (χ0n) is 10.5. The molecule has 0 aromatic heterocycles. The van der Waals surface area contributed by atoms with Crippen LogP contribution in [0.4, 0.5) is 0 Å². The molecule has 1 fully saturated rings. The maximum Gasteiger partial charge on any atom is 0.311 e. The summed E-state index contributed by atoms with van der Waals surface area (Å²) in [6.45, 7) is 3.66. The van der Waals surface area contributed by atoms with Gasteiger partial charge in [0.15, 0.2) is 0 Å². The third-order valence-electron chi connectivity index (χ3n) is 3.70. The lowest BCUT2D eigenvalue weighted by Gasteiger charge is -2.28. The lowest BCUT2D eigenvalue weighted by Crippen LogP contribution is -2.51. The lowest BCUT2D eigenvalue weighted by atomic mass is 9.84. The summed E-state index contributed by atoms with van der Waals surface area (Å²) in [6.07, 6.45) is 3.62. The van der Waals surface area contributed by atoms with Gasteiger partial charge in [0.25, 0.3) is 0 Å². The molecule has 3 atom stereocenters. The minimum absolute atomic E-state index is 0.230. The summed E-state index contributed by atoms with van der Waals surface area (Å²) < 4.78 is 0. The molecule has 5 nitrogen and oxygen atoms in total. The number of carboxylic acids is 1. The van der Waals surface area contributed by atoms with Crippen molar-refractivity contribution in [3.05, 3.63) is 0 Å². The molecule has 4 N–H and O–H groups in total. The average molecular weight is 242 g/mol. The Morgan fingerprint density at radius 3 is 2.76 bits per heavy atom. The standard InChI is InChI=1S/C12H22N2O3/c1-3-5-8(13)10(15)14-9-6-4-7-12(9,2)11(16)17/h8-9H,3-7,13H2,1-2H3,(H,14,15)(H,16,17)/t8-,9?,12?/m0/s1. The Bertz CT molecular complexity index is 306. The van der Waals surface area contributed by atoms with Crippen molar-refractivity contribution in [2.24, 2.45) is 11.1 Å². The first-order valence-corrected chi connectivity index (χ1v) is 6.21. The molecule has 1 aliphatic carbocycles. The molecule has 0 aromatic carbocycles. The summed E-state index contributed by atoms with van der Waals surface area (Å²) in [4.78, 5) is 23.0. The summed E-state index contributed by atoms with van der Waals surface area (Å²) in [5.41, 5.74) is 4.87. The van der Waals surface area contributed by atoms with Crippen LogP contribution in [0.5, 0.6) is 0 Å². The van der Waals surface area contributed by atoms with Gasteiger partial charge in [-0.2, -0.15) is 0 Å². The minimum Gasteiger partial charge on any atom is -0.481 e. The first kappa shape index (κ1) is 14.0. The van der Waals surface area contributed by atoms with Crippen LogP contribution in [-0.4, -0.2) is 29.1 Å². The largest absolute Gasteiger partial charge is 0.481 e. The quantitative estimate of drug-likeness (QED) is 0.667. The maximum absolute atomic E-state index is 11.8. The van der Waals surface area contributed by atoms with Gasteiger partial charge >= 0.3 is 5.97 Å². The van der Waals surface area contributed by atoms with E-state index in [1.165, 1.54) is 0 Å². The highest BCUT2D eigenvalue weighted by Crippen LogP contribution is 2.38. The number of aliphatic carboxylic acids is 1. The van der Waals surface area contributed by atoms with Gasteiger partial charge in [0, 0.05) is 6.04 Å². The minimum atomic E-state index is -0.846. The van der Waals surface area contributed by atoms with Crippen molar-refractivity contribution in [2.75, 3.05) is 0 Å². The van der Waals surface area contributed by atoms with E-state index in [1.807, 2.05) is 6.92 Å². The molecule has 1 aliphatic rings. The summed E-state index contributed by atoms with van der Waals surface area (Å²) in [5, 5.41) is 12.0. The van der Waals surface area contributed by atoms with Crippen LogP contribution >= 0.6 is 0 Å². The molecule has 98 valence electrons. The first-order chi connectivity index (χ1) is 7.91. The Labute approximate surface area is 102 Å². The van der Waals surface area contributed by atoms with Gasteiger partial charge < -0.3 is 16.2 Å². The average Bonchev–Trinajstić information content (AvgIpc) is 2.62. The summed E-state index contributed by atoms with van der Waals surface area (Å²) in [5.74, 6) is -1.07. The number of carboxylic acid groups (broad SMARTS) is 1. The van der Waals surface area contributed by atoms with Crippen molar-refractivity contribution >= 4 is 11.9 Å². The molecule has 0 saturated heterocycles. The first-order valence-electron chi connectivity index (χ1n) is 6.21. The smallest absolute Gasteiger partial charge is 0.311 e. The predicted molar refractivity (Wildman–Crippen MR) is 64.4 cm³/mol. The van der Waals surface area contributed by atoms with Crippen LogP contribution in [-0.2, 0) is 9.59 Å². The van der Waals surface area contributed by atoms with Crippen LogP contribution < -0.4 is 11.1 Å². The molecule has 0 radical (unpaired) electrons. The van der Waals surface area contributed by atoms with Gasteiger partial charge in [0.2, 0.25) is 5.91 Å². The Morgan fingerprint density at radius 1 is 1.59 bits per heavy atom. The van der Waals surface area contributed by atoms with E-state index in [0.29, 0.717) is 19.3 Å². The Balaban J connectivity index is 2.62. The number of rotatable bonds is 5. The third-order valence-corrected chi connectivity index (χ3v) is 3.70. The number of hydrogen-bond acceptors (Lipinski definition) is 3. The van der Waals surface area contributed by atoms with Gasteiger partial charge in [-0.1, -0.05) is 19.8 Å². The second-order valence-electron chi connectivity index (χ2n) is 5.07. The fourth-order valence-corrected chi connectivity index (χ4v) is 2.37. The normalized spacial score (nSPS) is 29.9. The fraction of sp³-hybridized carbons (Fsp3) is 0.833. The van der Waals surface area contributed by atoms with E-state index in [1.54, 1.807) is 6.92 Å². The predicted octanol–water partition coefficient (Wildman–Crippen LogP) is 0.873. The molecule has 0 spiro atoms.